The molecule has 0 saturated carbocycles. The Bertz CT molecular complexity index is 548. The minimum absolute atomic E-state index is 0.175. The third kappa shape index (κ3) is 2.96. The molecule has 1 amide bonds. The molecule has 4 heteroatoms. The van der Waals surface area contributed by atoms with Crippen LogP contribution >= 0.6 is 0 Å². The smallest absolute Gasteiger partial charge is 0.328 e. The number of rotatable bonds is 5. The van der Waals surface area contributed by atoms with Crippen molar-refractivity contribution in [1.82, 2.24) is 4.90 Å². The molecule has 1 aromatic rings. The molecule has 1 unspecified atom stereocenters. The van der Waals surface area contributed by atoms with Gasteiger partial charge in [-0.25, -0.2) is 4.79 Å². The van der Waals surface area contributed by atoms with E-state index in [9.17, 15) is 9.59 Å². The van der Waals surface area contributed by atoms with Crippen LogP contribution in [0.5, 0.6) is 0 Å². The molecule has 0 radical (unpaired) electrons. The van der Waals surface area contributed by atoms with Crippen LogP contribution in [-0.2, 0) is 20.7 Å². The first-order valence-electron chi connectivity index (χ1n) is 6.41. The predicted molar refractivity (Wildman–Crippen MR) is 75.9 cm³/mol. The molecule has 2 rings (SSSR count). The summed E-state index contributed by atoms with van der Waals surface area (Å²) in [6.07, 6.45) is 3.58. The van der Waals surface area contributed by atoms with Crippen LogP contribution in [0.25, 0.3) is 0 Å². The molecule has 1 aliphatic heterocycles. The monoisotopic (exact) mass is 271 g/mol. The molecule has 0 aromatic heterocycles. The van der Waals surface area contributed by atoms with E-state index in [4.69, 9.17) is 4.74 Å². The fourth-order valence-electron chi connectivity index (χ4n) is 2.24. The van der Waals surface area contributed by atoms with Gasteiger partial charge in [0.05, 0.1) is 7.11 Å². The van der Waals surface area contributed by atoms with Gasteiger partial charge in [0, 0.05) is 19.0 Å². The van der Waals surface area contributed by atoms with Gasteiger partial charge in [-0.1, -0.05) is 43.0 Å². The van der Waals surface area contributed by atoms with E-state index in [0.29, 0.717) is 13.0 Å². The first-order chi connectivity index (χ1) is 9.65. The van der Waals surface area contributed by atoms with Gasteiger partial charge in [0.25, 0.3) is 0 Å². The highest BCUT2D eigenvalue weighted by molar-refractivity contribution is 5.95. The van der Waals surface area contributed by atoms with Crippen molar-refractivity contribution in [2.75, 3.05) is 13.7 Å². The zero-order chi connectivity index (χ0) is 14.5. The van der Waals surface area contributed by atoms with Gasteiger partial charge in [-0.15, -0.1) is 0 Å². The lowest BCUT2D eigenvalue weighted by Gasteiger charge is -2.26. The Morgan fingerprint density at radius 2 is 2.15 bits per heavy atom. The zero-order valence-electron chi connectivity index (χ0n) is 11.4. The molecule has 1 atom stereocenters. The van der Waals surface area contributed by atoms with Crippen LogP contribution in [0, 0.1) is 0 Å². The van der Waals surface area contributed by atoms with E-state index in [-0.39, 0.29) is 5.91 Å². The van der Waals surface area contributed by atoms with Crippen LogP contribution in [-0.4, -0.2) is 36.5 Å². The highest BCUT2D eigenvalue weighted by Crippen LogP contribution is 2.18. The van der Waals surface area contributed by atoms with E-state index in [1.807, 2.05) is 30.3 Å². The summed E-state index contributed by atoms with van der Waals surface area (Å²) in [7, 11) is 1.34. The molecule has 1 aromatic carbocycles. The van der Waals surface area contributed by atoms with Gasteiger partial charge in [-0.05, 0) is 11.1 Å². The number of hydrogen-bond donors (Lipinski definition) is 0. The SMILES string of the molecule is C=CC1=CC(=O)N(C(Cc2ccccc2)C(=O)OC)C1. The number of amides is 1. The molecule has 0 bridgehead atoms. The molecule has 20 heavy (non-hydrogen) atoms. The van der Waals surface area contributed by atoms with Crippen molar-refractivity contribution in [3.8, 4) is 0 Å². The number of carbonyl (C=O) groups is 2. The first-order valence-corrected chi connectivity index (χ1v) is 6.41. The largest absolute Gasteiger partial charge is 0.467 e. The van der Waals surface area contributed by atoms with E-state index in [1.165, 1.54) is 18.1 Å². The number of hydrogen-bond acceptors (Lipinski definition) is 3. The summed E-state index contributed by atoms with van der Waals surface area (Å²) in [5, 5.41) is 0. The summed E-state index contributed by atoms with van der Waals surface area (Å²) in [5.74, 6) is -0.577. The number of benzene rings is 1. The fourth-order valence-corrected chi connectivity index (χ4v) is 2.24. The summed E-state index contributed by atoms with van der Waals surface area (Å²) in [6, 6.07) is 8.97. The van der Waals surface area contributed by atoms with Crippen LogP contribution < -0.4 is 0 Å². The quantitative estimate of drug-likeness (QED) is 0.766. The number of esters is 1. The van der Waals surface area contributed by atoms with Crippen LogP contribution in [0.4, 0.5) is 0 Å². The van der Waals surface area contributed by atoms with E-state index < -0.39 is 12.0 Å². The van der Waals surface area contributed by atoms with E-state index in [2.05, 4.69) is 6.58 Å². The molecule has 0 fully saturated rings. The van der Waals surface area contributed by atoms with Crippen LogP contribution in [0.2, 0.25) is 0 Å². The van der Waals surface area contributed by atoms with Crippen molar-refractivity contribution in [2.45, 2.75) is 12.5 Å². The molecular formula is C16H17NO3. The molecule has 0 aliphatic carbocycles. The fraction of sp³-hybridized carbons (Fsp3) is 0.250. The molecule has 0 saturated heterocycles. The molecule has 1 aliphatic rings. The van der Waals surface area contributed by atoms with Crippen LogP contribution in [0.15, 0.2) is 54.6 Å². The Balaban J connectivity index is 2.19. The molecule has 1 heterocycles. The minimum Gasteiger partial charge on any atom is -0.467 e. The van der Waals surface area contributed by atoms with E-state index in [0.717, 1.165) is 11.1 Å². The average Bonchev–Trinajstić information content (AvgIpc) is 2.86. The molecule has 4 nitrogen and oxygen atoms in total. The summed E-state index contributed by atoms with van der Waals surface area (Å²) in [4.78, 5) is 25.5. The van der Waals surface area contributed by atoms with Gasteiger partial charge in [-0.2, -0.15) is 0 Å². The number of methoxy groups -OCH3 is 1. The maximum absolute atomic E-state index is 12.0. The first kappa shape index (κ1) is 14.1. The Morgan fingerprint density at radius 3 is 2.70 bits per heavy atom. The Hall–Kier alpha value is -2.36. The summed E-state index contributed by atoms with van der Waals surface area (Å²) < 4.78 is 4.83. The molecule has 0 spiro atoms. The normalized spacial score (nSPS) is 15.8. The maximum Gasteiger partial charge on any atom is 0.328 e. The highest BCUT2D eigenvalue weighted by atomic mass is 16.5. The molecule has 0 N–H and O–H groups in total. The highest BCUT2D eigenvalue weighted by Gasteiger charge is 2.33. The number of nitrogens with zero attached hydrogens (tertiary/aromatic N) is 1. The summed E-state index contributed by atoms with van der Waals surface area (Å²) >= 11 is 0. The molecule has 104 valence electrons. The second-order valence-electron chi connectivity index (χ2n) is 4.62. The summed E-state index contributed by atoms with van der Waals surface area (Å²) in [6.45, 7) is 4.05. The van der Waals surface area contributed by atoms with Crippen LogP contribution in [0.1, 0.15) is 5.56 Å². The lowest BCUT2D eigenvalue weighted by Crippen LogP contribution is -2.44. The number of carbonyl (C=O) groups excluding carboxylic acids is 2. The van der Waals surface area contributed by atoms with Gasteiger partial charge in [0.15, 0.2) is 0 Å². The maximum atomic E-state index is 12.0. The van der Waals surface area contributed by atoms with Crippen molar-refractivity contribution in [1.29, 1.82) is 0 Å². The minimum atomic E-state index is -0.608. The Labute approximate surface area is 118 Å². The predicted octanol–water partition coefficient (Wildman–Crippen LogP) is 1.73. The zero-order valence-corrected chi connectivity index (χ0v) is 11.4. The lowest BCUT2D eigenvalue weighted by molar-refractivity contribution is -0.150. The third-order valence-corrected chi connectivity index (χ3v) is 3.33. The summed E-state index contributed by atoms with van der Waals surface area (Å²) in [5.41, 5.74) is 1.81. The van der Waals surface area contributed by atoms with Crippen molar-refractivity contribution in [2.24, 2.45) is 0 Å². The van der Waals surface area contributed by atoms with Gasteiger partial charge in [0.1, 0.15) is 6.04 Å². The Kier molecular flexibility index (Phi) is 4.35. The van der Waals surface area contributed by atoms with Gasteiger partial charge < -0.3 is 9.64 Å². The van der Waals surface area contributed by atoms with E-state index >= 15 is 0 Å². The lowest BCUT2D eigenvalue weighted by atomic mass is 10.0. The standard InChI is InChI=1S/C16H17NO3/c1-3-12-10-15(18)17(11-12)14(16(19)20-2)9-13-7-5-4-6-8-13/h3-8,10,14H,1,9,11H2,2H3. The third-order valence-electron chi connectivity index (χ3n) is 3.33. The molecular weight excluding hydrogens is 254 g/mol. The second kappa shape index (κ2) is 6.19. The number of ether oxygens (including phenoxy) is 1. The van der Waals surface area contributed by atoms with Gasteiger partial charge >= 0.3 is 5.97 Å². The van der Waals surface area contributed by atoms with Crippen LogP contribution in [0.3, 0.4) is 0 Å². The van der Waals surface area contributed by atoms with Crippen molar-refractivity contribution in [3.05, 3.63) is 60.2 Å². The topological polar surface area (TPSA) is 46.6 Å². The average molecular weight is 271 g/mol. The van der Waals surface area contributed by atoms with Crippen molar-refractivity contribution >= 4 is 11.9 Å². The van der Waals surface area contributed by atoms with E-state index in [1.54, 1.807) is 6.08 Å². The van der Waals surface area contributed by atoms with Gasteiger partial charge in [0.2, 0.25) is 5.91 Å². The van der Waals surface area contributed by atoms with Crippen molar-refractivity contribution < 1.29 is 14.3 Å². The van der Waals surface area contributed by atoms with Gasteiger partial charge in [-0.3, -0.25) is 4.79 Å². The van der Waals surface area contributed by atoms with Crippen molar-refractivity contribution in [3.63, 3.8) is 0 Å². The Morgan fingerprint density at radius 1 is 1.45 bits per heavy atom. The second-order valence-corrected chi connectivity index (χ2v) is 4.62.